The molecule has 0 spiro atoms. The number of carbonyl (C=O) groups excluding carboxylic acids is 1. The van der Waals surface area contributed by atoms with Gasteiger partial charge in [0.15, 0.2) is 0 Å². The Hall–Kier alpha value is -1.58. The van der Waals surface area contributed by atoms with Crippen molar-refractivity contribution in [3.05, 3.63) is 30.1 Å². The molecule has 1 aromatic rings. The van der Waals surface area contributed by atoms with Crippen LogP contribution < -0.4 is 11.1 Å². The van der Waals surface area contributed by atoms with Crippen LogP contribution in [0, 0.1) is 17.7 Å². The summed E-state index contributed by atoms with van der Waals surface area (Å²) in [4.78, 5) is 12.0. The smallest absolute Gasteiger partial charge is 0.243 e. The third-order valence-electron chi connectivity index (χ3n) is 4.76. The quantitative estimate of drug-likeness (QED) is 0.888. The van der Waals surface area contributed by atoms with Crippen molar-refractivity contribution in [2.24, 2.45) is 17.6 Å². The fraction of sp³-hybridized carbons (Fsp3) is 0.562. The van der Waals surface area contributed by atoms with Crippen LogP contribution in [0.4, 0.5) is 10.1 Å². The van der Waals surface area contributed by atoms with E-state index in [0.717, 1.165) is 25.2 Å². The van der Waals surface area contributed by atoms with Crippen molar-refractivity contribution in [2.75, 3.05) is 5.32 Å². The summed E-state index contributed by atoms with van der Waals surface area (Å²) in [5, 5.41) is 3.23. The molecular formula is C16H21FN2O. The molecule has 2 aliphatic carbocycles. The summed E-state index contributed by atoms with van der Waals surface area (Å²) in [5.41, 5.74) is 5.61. The first kappa shape index (κ1) is 13.4. The Morgan fingerprint density at radius 2 is 2.10 bits per heavy atom. The van der Waals surface area contributed by atoms with Gasteiger partial charge in [0.1, 0.15) is 11.4 Å². The first-order valence-electron chi connectivity index (χ1n) is 7.43. The molecule has 0 aliphatic heterocycles. The van der Waals surface area contributed by atoms with Gasteiger partial charge in [0.05, 0.1) is 0 Å². The number of carbonyl (C=O) groups is 1. The molecule has 2 aliphatic rings. The first-order chi connectivity index (χ1) is 9.59. The lowest BCUT2D eigenvalue weighted by molar-refractivity contribution is -0.124. The largest absolute Gasteiger partial charge is 0.371 e. The Labute approximate surface area is 118 Å². The van der Waals surface area contributed by atoms with E-state index in [1.165, 1.54) is 31.4 Å². The van der Waals surface area contributed by atoms with E-state index in [4.69, 9.17) is 5.73 Å². The molecule has 0 aromatic heterocycles. The van der Waals surface area contributed by atoms with Gasteiger partial charge in [-0.15, -0.1) is 0 Å². The van der Waals surface area contributed by atoms with E-state index in [1.807, 2.05) is 0 Å². The molecule has 3 nitrogen and oxygen atoms in total. The van der Waals surface area contributed by atoms with Crippen LogP contribution in [0.3, 0.4) is 0 Å². The van der Waals surface area contributed by atoms with Crippen molar-refractivity contribution in [3.8, 4) is 0 Å². The molecule has 0 heterocycles. The number of nitrogens with two attached hydrogens (primary N) is 1. The Kier molecular flexibility index (Phi) is 3.40. The van der Waals surface area contributed by atoms with E-state index < -0.39 is 5.54 Å². The standard InChI is InChI=1S/C16H21FN2O/c17-13-4-1-5-14(9-13)19-16(15(18)20)8-2-3-12(10-16)11-6-7-11/h1,4-5,9,11-12,19H,2-3,6-8,10H2,(H2,18,20). The molecule has 2 saturated carbocycles. The van der Waals surface area contributed by atoms with Gasteiger partial charge in [0, 0.05) is 5.69 Å². The van der Waals surface area contributed by atoms with Crippen molar-refractivity contribution in [3.63, 3.8) is 0 Å². The van der Waals surface area contributed by atoms with Gasteiger partial charge in [-0.3, -0.25) is 4.79 Å². The molecule has 4 heteroatoms. The van der Waals surface area contributed by atoms with E-state index in [9.17, 15) is 9.18 Å². The van der Waals surface area contributed by atoms with E-state index in [2.05, 4.69) is 5.32 Å². The van der Waals surface area contributed by atoms with Gasteiger partial charge in [0.25, 0.3) is 0 Å². The predicted molar refractivity (Wildman–Crippen MR) is 76.6 cm³/mol. The van der Waals surface area contributed by atoms with Gasteiger partial charge in [-0.1, -0.05) is 12.5 Å². The second-order valence-electron chi connectivity index (χ2n) is 6.28. The molecule has 2 fully saturated rings. The Morgan fingerprint density at radius 1 is 1.30 bits per heavy atom. The van der Waals surface area contributed by atoms with Crippen LogP contribution in [0.1, 0.15) is 38.5 Å². The summed E-state index contributed by atoms with van der Waals surface area (Å²) in [6.45, 7) is 0. The third kappa shape index (κ3) is 2.65. The highest BCUT2D eigenvalue weighted by atomic mass is 19.1. The number of hydrogen-bond donors (Lipinski definition) is 2. The Balaban J connectivity index is 1.81. The van der Waals surface area contributed by atoms with Crippen molar-refractivity contribution in [1.82, 2.24) is 0 Å². The summed E-state index contributed by atoms with van der Waals surface area (Å²) in [6.07, 6.45) is 6.27. The van der Waals surface area contributed by atoms with E-state index >= 15 is 0 Å². The molecule has 3 rings (SSSR count). The lowest BCUT2D eigenvalue weighted by atomic mass is 9.73. The number of rotatable bonds is 4. The number of nitrogens with one attached hydrogen (secondary N) is 1. The monoisotopic (exact) mass is 276 g/mol. The highest BCUT2D eigenvalue weighted by molar-refractivity contribution is 5.88. The lowest BCUT2D eigenvalue weighted by Crippen LogP contribution is -2.53. The Morgan fingerprint density at radius 3 is 2.75 bits per heavy atom. The molecule has 0 radical (unpaired) electrons. The van der Waals surface area contributed by atoms with Gasteiger partial charge in [-0.2, -0.15) is 0 Å². The van der Waals surface area contributed by atoms with Crippen molar-refractivity contribution in [2.45, 2.75) is 44.1 Å². The molecule has 2 unspecified atom stereocenters. The van der Waals surface area contributed by atoms with Gasteiger partial charge in [0.2, 0.25) is 5.91 Å². The number of hydrogen-bond acceptors (Lipinski definition) is 2. The molecule has 20 heavy (non-hydrogen) atoms. The molecule has 1 amide bonds. The Bertz CT molecular complexity index is 515. The van der Waals surface area contributed by atoms with Crippen LogP contribution in [0.2, 0.25) is 0 Å². The number of benzene rings is 1. The highest BCUT2D eigenvalue weighted by Crippen LogP contribution is 2.47. The summed E-state index contributed by atoms with van der Waals surface area (Å²) in [5.74, 6) is 0.733. The average Bonchev–Trinajstić information content (AvgIpc) is 3.23. The van der Waals surface area contributed by atoms with Crippen LogP contribution in [-0.2, 0) is 4.79 Å². The first-order valence-corrected chi connectivity index (χ1v) is 7.43. The normalized spacial score (nSPS) is 29.9. The summed E-state index contributed by atoms with van der Waals surface area (Å²) in [6, 6.07) is 6.25. The van der Waals surface area contributed by atoms with Gasteiger partial charge < -0.3 is 11.1 Å². The van der Waals surface area contributed by atoms with E-state index in [0.29, 0.717) is 11.6 Å². The van der Waals surface area contributed by atoms with Crippen molar-refractivity contribution in [1.29, 1.82) is 0 Å². The molecular weight excluding hydrogens is 255 g/mol. The third-order valence-corrected chi connectivity index (χ3v) is 4.76. The second-order valence-corrected chi connectivity index (χ2v) is 6.28. The van der Waals surface area contributed by atoms with E-state index in [-0.39, 0.29) is 11.7 Å². The SMILES string of the molecule is NC(=O)C1(Nc2cccc(F)c2)CCCC(C2CC2)C1. The summed E-state index contributed by atoms with van der Waals surface area (Å²) in [7, 11) is 0. The molecule has 2 atom stereocenters. The van der Waals surface area contributed by atoms with Crippen LogP contribution in [0.15, 0.2) is 24.3 Å². The minimum Gasteiger partial charge on any atom is -0.371 e. The fourth-order valence-electron chi connectivity index (χ4n) is 3.53. The zero-order valence-electron chi connectivity index (χ0n) is 11.6. The van der Waals surface area contributed by atoms with E-state index in [1.54, 1.807) is 12.1 Å². The van der Waals surface area contributed by atoms with Crippen LogP contribution in [0.5, 0.6) is 0 Å². The maximum atomic E-state index is 13.3. The summed E-state index contributed by atoms with van der Waals surface area (Å²) < 4.78 is 13.3. The zero-order valence-corrected chi connectivity index (χ0v) is 11.6. The van der Waals surface area contributed by atoms with Crippen molar-refractivity contribution < 1.29 is 9.18 Å². The van der Waals surface area contributed by atoms with Gasteiger partial charge in [-0.25, -0.2) is 4.39 Å². The second kappa shape index (κ2) is 5.08. The highest BCUT2D eigenvalue weighted by Gasteiger charge is 2.45. The fourth-order valence-corrected chi connectivity index (χ4v) is 3.53. The van der Waals surface area contributed by atoms with Gasteiger partial charge >= 0.3 is 0 Å². The topological polar surface area (TPSA) is 55.1 Å². The van der Waals surface area contributed by atoms with Crippen LogP contribution in [-0.4, -0.2) is 11.4 Å². The number of amides is 1. The molecule has 0 saturated heterocycles. The van der Waals surface area contributed by atoms with Crippen molar-refractivity contribution >= 4 is 11.6 Å². The maximum Gasteiger partial charge on any atom is 0.243 e. The predicted octanol–water partition coefficient (Wildman–Crippen LogP) is 3.06. The minimum atomic E-state index is -0.709. The number of halogens is 1. The average molecular weight is 276 g/mol. The molecule has 1 aromatic carbocycles. The molecule has 3 N–H and O–H groups in total. The molecule has 108 valence electrons. The van der Waals surface area contributed by atoms with Crippen LogP contribution in [0.25, 0.3) is 0 Å². The zero-order chi connectivity index (χ0) is 14.2. The molecule has 0 bridgehead atoms. The number of primary amides is 1. The minimum absolute atomic E-state index is 0.302. The van der Waals surface area contributed by atoms with Gasteiger partial charge in [-0.05, 0) is 62.1 Å². The van der Waals surface area contributed by atoms with Crippen LogP contribution >= 0.6 is 0 Å². The number of anilines is 1. The maximum absolute atomic E-state index is 13.3. The lowest BCUT2D eigenvalue weighted by Gasteiger charge is -2.40. The summed E-state index contributed by atoms with van der Waals surface area (Å²) >= 11 is 0.